The molecule has 0 saturated heterocycles. The van der Waals surface area contributed by atoms with Crippen molar-refractivity contribution in [3.8, 4) is 0 Å². The highest BCUT2D eigenvalue weighted by Gasteiger charge is 2.10. The average Bonchev–Trinajstić information content (AvgIpc) is 2.86. The van der Waals surface area contributed by atoms with Gasteiger partial charge in [0.1, 0.15) is 0 Å². The van der Waals surface area contributed by atoms with Crippen molar-refractivity contribution in [2.75, 3.05) is 18.0 Å². The Morgan fingerprint density at radius 1 is 1.17 bits per heavy atom. The number of aryl methyl sites for hydroxylation is 2. The van der Waals surface area contributed by atoms with Gasteiger partial charge in [-0.15, -0.1) is 5.10 Å². The van der Waals surface area contributed by atoms with Crippen LogP contribution < -0.4 is 10.6 Å². The predicted molar refractivity (Wildman–Crippen MR) is 93.3 cm³/mol. The van der Waals surface area contributed by atoms with Crippen LogP contribution in [0, 0.1) is 13.8 Å². The summed E-state index contributed by atoms with van der Waals surface area (Å²) in [6.45, 7) is 8.58. The first-order valence-corrected chi connectivity index (χ1v) is 7.96. The van der Waals surface area contributed by atoms with Crippen LogP contribution in [0.15, 0.2) is 47.4 Å². The number of nitrogens with zero attached hydrogens (tertiary/aromatic N) is 4. The number of benzene rings is 1. The van der Waals surface area contributed by atoms with Crippen molar-refractivity contribution in [2.45, 2.75) is 27.3 Å². The summed E-state index contributed by atoms with van der Waals surface area (Å²) in [5, 5.41) is 4.39. The second-order valence-corrected chi connectivity index (χ2v) is 5.80. The smallest absolute Gasteiger partial charge is 0.350 e. The van der Waals surface area contributed by atoms with Gasteiger partial charge in [-0.3, -0.25) is 4.40 Å². The molecule has 0 fully saturated rings. The minimum Gasteiger partial charge on any atom is -0.370 e. The van der Waals surface area contributed by atoms with E-state index in [0.717, 1.165) is 13.1 Å². The molecule has 0 N–H and O–H groups in total. The van der Waals surface area contributed by atoms with Gasteiger partial charge in [0.2, 0.25) is 0 Å². The third-order valence-corrected chi connectivity index (χ3v) is 4.14. The standard InChI is InChI=1S/C18H22N4O/c1-4-20(16-9-8-14(2)13-15(16)3)11-12-22-18(23)21-10-6-5-7-17(21)19-22/h5-10,13H,4,11-12H2,1-3H3. The van der Waals surface area contributed by atoms with Gasteiger partial charge in [-0.1, -0.05) is 23.8 Å². The molecule has 0 aliphatic heterocycles. The van der Waals surface area contributed by atoms with E-state index < -0.39 is 0 Å². The van der Waals surface area contributed by atoms with Crippen LogP contribution in [-0.4, -0.2) is 27.3 Å². The summed E-state index contributed by atoms with van der Waals surface area (Å²) in [6, 6.07) is 12.0. The first-order chi connectivity index (χ1) is 11.1. The molecule has 0 amide bonds. The van der Waals surface area contributed by atoms with Crippen molar-refractivity contribution in [3.05, 3.63) is 64.2 Å². The summed E-state index contributed by atoms with van der Waals surface area (Å²) < 4.78 is 3.12. The van der Waals surface area contributed by atoms with Crippen LogP contribution in [0.25, 0.3) is 5.65 Å². The van der Waals surface area contributed by atoms with Crippen LogP contribution in [0.5, 0.6) is 0 Å². The highest BCUT2D eigenvalue weighted by Crippen LogP contribution is 2.20. The summed E-state index contributed by atoms with van der Waals surface area (Å²) in [7, 11) is 0. The second kappa shape index (κ2) is 6.28. The average molecular weight is 310 g/mol. The zero-order valence-corrected chi connectivity index (χ0v) is 13.9. The largest absolute Gasteiger partial charge is 0.370 e. The van der Waals surface area contributed by atoms with E-state index in [9.17, 15) is 4.79 Å². The molecule has 0 radical (unpaired) electrons. The molecule has 0 aliphatic carbocycles. The Morgan fingerprint density at radius 2 is 2.00 bits per heavy atom. The molecule has 0 bridgehead atoms. The maximum absolute atomic E-state index is 12.3. The molecule has 2 heterocycles. The number of likely N-dealkylation sites (N-methyl/N-ethyl adjacent to an activating group) is 1. The Hall–Kier alpha value is -2.56. The van der Waals surface area contributed by atoms with Crippen LogP contribution in [0.3, 0.4) is 0 Å². The van der Waals surface area contributed by atoms with Gasteiger partial charge in [-0.2, -0.15) is 0 Å². The van der Waals surface area contributed by atoms with Crippen LogP contribution in [0.4, 0.5) is 5.69 Å². The fourth-order valence-electron chi connectivity index (χ4n) is 2.94. The van der Waals surface area contributed by atoms with Crippen LogP contribution in [0.2, 0.25) is 0 Å². The van der Waals surface area contributed by atoms with Gasteiger partial charge < -0.3 is 4.90 Å². The van der Waals surface area contributed by atoms with Crippen molar-refractivity contribution < 1.29 is 0 Å². The van der Waals surface area contributed by atoms with Crippen LogP contribution in [0.1, 0.15) is 18.1 Å². The monoisotopic (exact) mass is 310 g/mol. The van der Waals surface area contributed by atoms with Crippen molar-refractivity contribution in [1.29, 1.82) is 0 Å². The molecular weight excluding hydrogens is 288 g/mol. The first kappa shape index (κ1) is 15.3. The lowest BCUT2D eigenvalue weighted by Crippen LogP contribution is -2.31. The highest BCUT2D eigenvalue weighted by atomic mass is 16.2. The number of hydrogen-bond donors (Lipinski definition) is 0. The van der Waals surface area contributed by atoms with E-state index in [-0.39, 0.29) is 5.69 Å². The van der Waals surface area contributed by atoms with Gasteiger partial charge >= 0.3 is 5.69 Å². The normalized spacial score (nSPS) is 11.1. The highest BCUT2D eigenvalue weighted by molar-refractivity contribution is 5.54. The number of fused-ring (bicyclic) bond motifs is 1. The molecule has 2 aromatic heterocycles. The van der Waals surface area contributed by atoms with Gasteiger partial charge in [0, 0.05) is 25.0 Å². The van der Waals surface area contributed by atoms with E-state index in [1.807, 2.05) is 18.2 Å². The zero-order chi connectivity index (χ0) is 16.4. The van der Waals surface area contributed by atoms with Gasteiger partial charge in [-0.05, 0) is 44.5 Å². The molecule has 5 nitrogen and oxygen atoms in total. The van der Waals surface area contributed by atoms with E-state index in [1.54, 1.807) is 15.3 Å². The maximum atomic E-state index is 12.3. The zero-order valence-electron chi connectivity index (χ0n) is 13.9. The van der Waals surface area contributed by atoms with Crippen molar-refractivity contribution in [2.24, 2.45) is 0 Å². The van der Waals surface area contributed by atoms with Crippen molar-refractivity contribution in [3.63, 3.8) is 0 Å². The Bertz CT molecular complexity index is 878. The minimum atomic E-state index is -0.0859. The summed E-state index contributed by atoms with van der Waals surface area (Å²) in [5.74, 6) is 0. The van der Waals surface area contributed by atoms with E-state index in [2.05, 4.69) is 49.0 Å². The Kier molecular flexibility index (Phi) is 4.19. The predicted octanol–water partition coefficient (Wildman–Crippen LogP) is 2.64. The topological polar surface area (TPSA) is 42.5 Å². The Balaban J connectivity index is 1.82. The second-order valence-electron chi connectivity index (χ2n) is 5.80. The third kappa shape index (κ3) is 2.99. The minimum absolute atomic E-state index is 0.0859. The Morgan fingerprint density at radius 3 is 2.70 bits per heavy atom. The van der Waals surface area contributed by atoms with Crippen LogP contribution >= 0.6 is 0 Å². The van der Waals surface area contributed by atoms with E-state index in [1.165, 1.54) is 16.8 Å². The van der Waals surface area contributed by atoms with Crippen molar-refractivity contribution in [1.82, 2.24) is 14.2 Å². The molecule has 3 aromatic rings. The summed E-state index contributed by atoms with van der Waals surface area (Å²) in [5.41, 5.74) is 4.34. The quantitative estimate of drug-likeness (QED) is 0.727. The molecule has 0 aliphatic rings. The molecule has 120 valence electrons. The maximum Gasteiger partial charge on any atom is 0.350 e. The molecule has 0 atom stereocenters. The lowest BCUT2D eigenvalue weighted by atomic mass is 10.1. The Labute approximate surface area is 135 Å². The summed E-state index contributed by atoms with van der Waals surface area (Å²) in [4.78, 5) is 14.6. The SMILES string of the molecule is CCN(CCn1nc2ccccn2c1=O)c1ccc(C)cc1C. The van der Waals surface area contributed by atoms with Gasteiger partial charge in [0.25, 0.3) is 0 Å². The number of hydrogen-bond acceptors (Lipinski definition) is 3. The lowest BCUT2D eigenvalue weighted by Gasteiger charge is -2.25. The lowest BCUT2D eigenvalue weighted by molar-refractivity contribution is 0.581. The summed E-state index contributed by atoms with van der Waals surface area (Å²) >= 11 is 0. The summed E-state index contributed by atoms with van der Waals surface area (Å²) in [6.07, 6.45) is 1.75. The molecule has 0 spiro atoms. The molecular formula is C18H22N4O. The molecule has 3 rings (SSSR count). The van der Waals surface area contributed by atoms with Gasteiger partial charge in [0.05, 0.1) is 6.54 Å². The van der Waals surface area contributed by atoms with E-state index >= 15 is 0 Å². The fourth-order valence-corrected chi connectivity index (χ4v) is 2.94. The molecule has 5 heteroatoms. The molecule has 0 saturated carbocycles. The van der Waals surface area contributed by atoms with Crippen molar-refractivity contribution >= 4 is 11.3 Å². The molecule has 0 unspecified atom stereocenters. The van der Waals surface area contributed by atoms with Gasteiger partial charge in [0.15, 0.2) is 5.65 Å². The van der Waals surface area contributed by atoms with Gasteiger partial charge in [-0.25, -0.2) is 9.48 Å². The number of anilines is 1. The number of pyridine rings is 1. The molecule has 23 heavy (non-hydrogen) atoms. The first-order valence-electron chi connectivity index (χ1n) is 7.96. The van der Waals surface area contributed by atoms with E-state index in [0.29, 0.717) is 12.2 Å². The van der Waals surface area contributed by atoms with Crippen LogP contribution in [-0.2, 0) is 6.54 Å². The third-order valence-electron chi connectivity index (χ3n) is 4.14. The number of rotatable bonds is 5. The molecule has 1 aromatic carbocycles. The number of aromatic nitrogens is 3. The fraction of sp³-hybridized carbons (Fsp3) is 0.333. The van der Waals surface area contributed by atoms with E-state index in [4.69, 9.17) is 0 Å².